The second-order valence-electron chi connectivity index (χ2n) is 5.85. The van der Waals surface area contributed by atoms with Crippen molar-refractivity contribution in [2.24, 2.45) is 5.92 Å². The van der Waals surface area contributed by atoms with E-state index in [1.807, 2.05) is 6.08 Å². The maximum atomic E-state index is 13.3. The van der Waals surface area contributed by atoms with E-state index < -0.39 is 11.6 Å². The summed E-state index contributed by atoms with van der Waals surface area (Å²) in [5.74, 6) is -1.02. The summed E-state index contributed by atoms with van der Waals surface area (Å²) in [4.78, 5) is 11.9. The molecule has 0 heterocycles. The van der Waals surface area contributed by atoms with E-state index in [0.29, 0.717) is 23.2 Å². The number of ketones is 1. The molecule has 0 radical (unpaired) electrons. The van der Waals surface area contributed by atoms with Crippen LogP contribution >= 0.6 is 22.6 Å². The average molecular weight is 434 g/mol. The number of carbonyl (C=O) groups is 1. The Balaban J connectivity index is 2.95. The molecule has 4 heteroatoms. The lowest BCUT2D eigenvalue weighted by molar-refractivity contribution is -0.115. The maximum absolute atomic E-state index is 13.3. The molecule has 1 aromatic carbocycles. The third-order valence-electron chi connectivity index (χ3n) is 3.93. The van der Waals surface area contributed by atoms with Gasteiger partial charge in [-0.1, -0.05) is 67.0 Å². The number of benzene rings is 1. The van der Waals surface area contributed by atoms with Gasteiger partial charge in [0.05, 0.1) is 4.43 Å². The molecule has 23 heavy (non-hydrogen) atoms. The number of allylic oxidation sites excluding steroid dienone is 2. The summed E-state index contributed by atoms with van der Waals surface area (Å²) in [5, 5.41) is 0. The van der Waals surface area contributed by atoms with Crippen molar-refractivity contribution in [3.63, 3.8) is 0 Å². The van der Waals surface area contributed by atoms with Crippen molar-refractivity contribution in [1.29, 1.82) is 0 Å². The second kappa shape index (κ2) is 10.9. The molecule has 0 saturated carbocycles. The van der Waals surface area contributed by atoms with Crippen molar-refractivity contribution in [3.8, 4) is 0 Å². The Morgan fingerprint density at radius 1 is 1.17 bits per heavy atom. The summed E-state index contributed by atoms with van der Waals surface area (Å²) in [6.07, 6.45) is 7.32. The molecule has 0 N–H and O–H groups in total. The van der Waals surface area contributed by atoms with E-state index in [9.17, 15) is 13.6 Å². The molecule has 0 saturated heterocycles. The zero-order valence-corrected chi connectivity index (χ0v) is 16.0. The van der Waals surface area contributed by atoms with Crippen LogP contribution in [0.5, 0.6) is 0 Å². The predicted octanol–water partition coefficient (Wildman–Crippen LogP) is 6.04. The van der Waals surface area contributed by atoms with Crippen LogP contribution in [-0.2, 0) is 11.2 Å². The molecule has 0 unspecified atom stereocenters. The number of Topliss-reactive ketones (excluding diaryl/α,β-unsaturated/α-hetero) is 1. The minimum Gasteiger partial charge on any atom is -0.298 e. The minimum atomic E-state index is -0.826. The largest absolute Gasteiger partial charge is 0.298 e. The van der Waals surface area contributed by atoms with Gasteiger partial charge in [-0.25, -0.2) is 8.78 Å². The summed E-state index contributed by atoms with van der Waals surface area (Å²) >= 11 is 2.09. The zero-order valence-electron chi connectivity index (χ0n) is 13.9. The lowest BCUT2D eigenvalue weighted by Gasteiger charge is -2.19. The molecule has 0 aromatic heterocycles. The van der Waals surface area contributed by atoms with Gasteiger partial charge >= 0.3 is 0 Å². The highest BCUT2D eigenvalue weighted by Gasteiger charge is 2.15. The number of rotatable bonds is 10. The summed E-state index contributed by atoms with van der Waals surface area (Å²) in [7, 11) is 0. The van der Waals surface area contributed by atoms with Crippen LogP contribution in [0.4, 0.5) is 8.78 Å². The normalized spacial score (nSPS) is 12.0. The molecule has 0 aliphatic rings. The van der Waals surface area contributed by atoms with Gasteiger partial charge in [-0.05, 0) is 42.9 Å². The highest BCUT2D eigenvalue weighted by Crippen LogP contribution is 2.26. The molecule has 0 aliphatic heterocycles. The first-order valence-electron chi connectivity index (χ1n) is 8.22. The fraction of sp³-hybridized carbons (Fsp3) is 0.526. The Morgan fingerprint density at radius 3 is 2.35 bits per heavy atom. The van der Waals surface area contributed by atoms with Gasteiger partial charge in [0.1, 0.15) is 5.78 Å². The average Bonchev–Trinajstić information content (AvgIpc) is 2.54. The summed E-state index contributed by atoms with van der Waals surface area (Å²) in [6.45, 7) is 4.30. The molecule has 1 aromatic rings. The van der Waals surface area contributed by atoms with Crippen molar-refractivity contribution in [3.05, 3.63) is 47.0 Å². The van der Waals surface area contributed by atoms with Gasteiger partial charge in [-0.2, -0.15) is 0 Å². The van der Waals surface area contributed by atoms with Crippen molar-refractivity contribution in [1.82, 2.24) is 0 Å². The Kier molecular flexibility index (Phi) is 9.60. The Morgan fingerprint density at radius 2 is 1.83 bits per heavy atom. The number of hydrogen-bond donors (Lipinski definition) is 0. The smallest absolute Gasteiger partial charge is 0.159 e. The fourth-order valence-electron chi connectivity index (χ4n) is 2.79. The third-order valence-corrected chi connectivity index (χ3v) is 4.78. The van der Waals surface area contributed by atoms with E-state index in [1.54, 1.807) is 6.07 Å². The van der Waals surface area contributed by atoms with E-state index in [4.69, 9.17) is 0 Å². The first kappa shape index (κ1) is 20.3. The van der Waals surface area contributed by atoms with Crippen LogP contribution < -0.4 is 0 Å². The highest BCUT2D eigenvalue weighted by atomic mass is 127. The van der Waals surface area contributed by atoms with Gasteiger partial charge in [-0.3, -0.25) is 4.79 Å². The van der Waals surface area contributed by atoms with E-state index >= 15 is 0 Å². The first-order valence-corrected chi connectivity index (χ1v) is 9.74. The van der Waals surface area contributed by atoms with Crippen molar-refractivity contribution in [2.75, 3.05) is 4.43 Å². The molecule has 1 nitrogen and oxygen atoms in total. The van der Waals surface area contributed by atoms with Gasteiger partial charge in [0, 0.05) is 6.42 Å². The lowest BCUT2D eigenvalue weighted by Crippen LogP contribution is -2.10. The molecular weight excluding hydrogens is 409 g/mol. The van der Waals surface area contributed by atoms with Gasteiger partial charge in [0.15, 0.2) is 11.6 Å². The molecule has 1 rings (SSSR count). The molecule has 0 amide bonds. The number of carbonyl (C=O) groups excluding carboxylic acids is 1. The summed E-state index contributed by atoms with van der Waals surface area (Å²) in [6, 6.07) is 3.99. The van der Waals surface area contributed by atoms with Crippen molar-refractivity contribution in [2.45, 2.75) is 52.4 Å². The molecule has 0 aliphatic carbocycles. The summed E-state index contributed by atoms with van der Waals surface area (Å²) in [5.41, 5.74) is 1.88. The van der Waals surface area contributed by atoms with Gasteiger partial charge in [-0.15, -0.1) is 0 Å². The Labute approximate surface area is 151 Å². The van der Waals surface area contributed by atoms with E-state index in [1.165, 1.54) is 6.07 Å². The van der Waals surface area contributed by atoms with E-state index in [0.717, 1.165) is 42.9 Å². The number of alkyl halides is 1. The second-order valence-corrected chi connectivity index (χ2v) is 6.62. The fourth-order valence-corrected chi connectivity index (χ4v) is 3.06. The Hall–Kier alpha value is -0.780. The monoisotopic (exact) mass is 434 g/mol. The Bertz CT molecular complexity index is 534. The van der Waals surface area contributed by atoms with Crippen LogP contribution in [-0.4, -0.2) is 10.2 Å². The molecule has 0 atom stereocenters. The first-order chi connectivity index (χ1) is 11.0. The molecule has 0 fully saturated rings. The van der Waals surface area contributed by atoms with Gasteiger partial charge < -0.3 is 0 Å². The molecule has 0 bridgehead atoms. The van der Waals surface area contributed by atoms with Crippen molar-refractivity contribution < 1.29 is 13.6 Å². The summed E-state index contributed by atoms with van der Waals surface area (Å²) < 4.78 is 26.8. The SMILES string of the molecule is CCCC(CCC)C(=CCc1ccc(F)c(F)c1)CC(=O)CI. The molecule has 128 valence electrons. The lowest BCUT2D eigenvalue weighted by atomic mass is 9.86. The van der Waals surface area contributed by atoms with Crippen LogP contribution in [0.3, 0.4) is 0 Å². The zero-order chi connectivity index (χ0) is 17.2. The van der Waals surface area contributed by atoms with Crippen LogP contribution in [0, 0.1) is 17.6 Å². The standard InChI is InChI=1S/C19H25F2IO/c1-3-5-15(6-4-2)16(12-17(23)13-22)9-7-14-8-10-18(20)19(21)11-14/h8-11,15H,3-7,12-13H2,1-2H3. The van der Waals surface area contributed by atoms with Crippen LogP contribution in [0.15, 0.2) is 29.8 Å². The van der Waals surface area contributed by atoms with Gasteiger partial charge in [0.2, 0.25) is 0 Å². The number of halogens is 3. The van der Waals surface area contributed by atoms with Crippen LogP contribution in [0.2, 0.25) is 0 Å². The van der Waals surface area contributed by atoms with Crippen LogP contribution in [0.1, 0.15) is 51.5 Å². The number of hydrogen-bond acceptors (Lipinski definition) is 1. The highest BCUT2D eigenvalue weighted by molar-refractivity contribution is 14.1. The van der Waals surface area contributed by atoms with Crippen LogP contribution in [0.25, 0.3) is 0 Å². The van der Waals surface area contributed by atoms with E-state index in [2.05, 4.69) is 36.4 Å². The predicted molar refractivity (Wildman–Crippen MR) is 100.0 cm³/mol. The maximum Gasteiger partial charge on any atom is 0.159 e. The molecule has 0 spiro atoms. The quantitative estimate of drug-likeness (QED) is 0.249. The third kappa shape index (κ3) is 7.10. The van der Waals surface area contributed by atoms with Gasteiger partial charge in [0.25, 0.3) is 0 Å². The van der Waals surface area contributed by atoms with Crippen molar-refractivity contribution >= 4 is 28.4 Å². The minimum absolute atomic E-state index is 0.222. The van der Waals surface area contributed by atoms with E-state index in [-0.39, 0.29) is 5.78 Å². The topological polar surface area (TPSA) is 17.1 Å². The molecular formula is C19H25F2IO.